The topological polar surface area (TPSA) is 113 Å². The summed E-state index contributed by atoms with van der Waals surface area (Å²) in [5, 5.41) is 2.88. The molecule has 0 aliphatic heterocycles. The molecular weight excluding hydrogens is 482 g/mol. The average Bonchev–Trinajstić information content (AvgIpc) is 2.84. The van der Waals surface area contributed by atoms with Crippen LogP contribution in [0.15, 0.2) is 48.5 Å². The standard InChI is InChI=1S/C26H35N3O6S/c1-7-18(2)27-26(32)19(3)28(16-21-10-8-13-24(14-21)35-5)25(31)17-29(36(6,33)34)23-12-9-11-22(15-23)20(4)30/h8-15,18-19H,7,16-17H2,1-6H3,(H,27,32)/t18-,19-/m1/s1. The number of amides is 2. The van der Waals surface area contributed by atoms with Crippen LogP contribution in [0.4, 0.5) is 5.69 Å². The van der Waals surface area contributed by atoms with Crippen molar-refractivity contribution in [3.63, 3.8) is 0 Å². The second-order valence-electron chi connectivity index (χ2n) is 8.74. The van der Waals surface area contributed by atoms with E-state index in [1.807, 2.05) is 13.8 Å². The largest absolute Gasteiger partial charge is 0.497 e. The van der Waals surface area contributed by atoms with Gasteiger partial charge < -0.3 is 15.0 Å². The van der Waals surface area contributed by atoms with Crippen LogP contribution in [0.25, 0.3) is 0 Å². The first-order chi connectivity index (χ1) is 16.9. The number of Topliss-reactive ketones (excluding diaryl/α,β-unsaturated/α-hetero) is 1. The van der Waals surface area contributed by atoms with Gasteiger partial charge in [-0.3, -0.25) is 18.7 Å². The summed E-state index contributed by atoms with van der Waals surface area (Å²) in [6.45, 7) is 6.32. The molecule has 2 rings (SSSR count). The van der Waals surface area contributed by atoms with Crippen LogP contribution in [0.3, 0.4) is 0 Å². The Morgan fingerprint density at radius 2 is 1.72 bits per heavy atom. The predicted molar refractivity (Wildman–Crippen MR) is 140 cm³/mol. The average molecular weight is 518 g/mol. The van der Waals surface area contributed by atoms with E-state index >= 15 is 0 Å². The lowest BCUT2D eigenvalue weighted by atomic mass is 10.1. The van der Waals surface area contributed by atoms with Crippen LogP contribution in [0.2, 0.25) is 0 Å². The third-order valence-corrected chi connectivity index (χ3v) is 7.02. The van der Waals surface area contributed by atoms with Gasteiger partial charge in [0.1, 0.15) is 18.3 Å². The van der Waals surface area contributed by atoms with E-state index in [1.54, 1.807) is 43.3 Å². The van der Waals surface area contributed by atoms with Gasteiger partial charge >= 0.3 is 0 Å². The fourth-order valence-electron chi connectivity index (χ4n) is 3.51. The maximum absolute atomic E-state index is 13.6. The molecule has 0 aliphatic carbocycles. The van der Waals surface area contributed by atoms with Crippen molar-refractivity contribution in [2.75, 3.05) is 24.2 Å². The summed E-state index contributed by atoms with van der Waals surface area (Å²) in [7, 11) is -2.36. The molecule has 2 atom stereocenters. The van der Waals surface area contributed by atoms with Crippen LogP contribution >= 0.6 is 0 Å². The van der Waals surface area contributed by atoms with Crippen molar-refractivity contribution in [2.45, 2.75) is 52.7 Å². The Labute approximate surface area is 213 Å². The minimum absolute atomic E-state index is 0.0657. The van der Waals surface area contributed by atoms with Crippen molar-refractivity contribution in [2.24, 2.45) is 0 Å². The monoisotopic (exact) mass is 517 g/mol. The van der Waals surface area contributed by atoms with Gasteiger partial charge in [-0.25, -0.2) is 8.42 Å². The Hall–Kier alpha value is -3.40. The highest BCUT2D eigenvalue weighted by Gasteiger charge is 2.30. The number of methoxy groups -OCH3 is 1. The highest BCUT2D eigenvalue weighted by atomic mass is 32.2. The minimum Gasteiger partial charge on any atom is -0.497 e. The van der Waals surface area contributed by atoms with E-state index in [0.717, 1.165) is 22.5 Å². The first-order valence-corrected chi connectivity index (χ1v) is 13.5. The van der Waals surface area contributed by atoms with Gasteiger partial charge in [-0.05, 0) is 57.0 Å². The molecule has 0 fully saturated rings. The number of sulfonamides is 1. The Morgan fingerprint density at radius 3 is 2.31 bits per heavy atom. The van der Waals surface area contributed by atoms with E-state index < -0.39 is 28.5 Å². The molecule has 0 spiro atoms. The Bertz CT molecular complexity index is 1200. The van der Waals surface area contributed by atoms with Gasteiger partial charge in [0, 0.05) is 18.2 Å². The SMILES string of the molecule is CC[C@@H](C)NC(=O)[C@@H](C)N(Cc1cccc(OC)c1)C(=O)CN(c1cccc(C(C)=O)c1)S(C)(=O)=O. The van der Waals surface area contributed by atoms with Gasteiger partial charge in [0.25, 0.3) is 0 Å². The number of anilines is 1. The molecule has 0 saturated carbocycles. The molecule has 0 aliphatic rings. The predicted octanol–water partition coefficient (Wildman–Crippen LogP) is 3.00. The van der Waals surface area contributed by atoms with E-state index in [9.17, 15) is 22.8 Å². The number of carbonyl (C=O) groups excluding carboxylic acids is 3. The molecule has 10 heteroatoms. The lowest BCUT2D eigenvalue weighted by Gasteiger charge is -2.32. The zero-order valence-corrected chi connectivity index (χ0v) is 22.5. The first-order valence-electron chi connectivity index (χ1n) is 11.7. The van der Waals surface area contributed by atoms with Crippen molar-refractivity contribution in [3.05, 3.63) is 59.7 Å². The minimum atomic E-state index is -3.89. The summed E-state index contributed by atoms with van der Waals surface area (Å²) in [6.07, 6.45) is 1.71. The van der Waals surface area contributed by atoms with Gasteiger partial charge in [-0.15, -0.1) is 0 Å². The molecule has 2 amide bonds. The van der Waals surface area contributed by atoms with Crippen LogP contribution in [0.1, 0.15) is 50.0 Å². The molecule has 0 radical (unpaired) electrons. The normalized spacial score (nSPS) is 12.8. The zero-order valence-electron chi connectivity index (χ0n) is 21.6. The molecular formula is C26H35N3O6S. The van der Waals surface area contributed by atoms with Crippen molar-refractivity contribution in [3.8, 4) is 5.75 Å². The molecule has 0 heterocycles. The maximum atomic E-state index is 13.6. The zero-order chi connectivity index (χ0) is 27.0. The molecule has 2 aromatic rings. The number of carbonyl (C=O) groups is 3. The second-order valence-corrected chi connectivity index (χ2v) is 10.6. The Balaban J connectivity index is 2.44. The number of hydrogen-bond acceptors (Lipinski definition) is 6. The number of hydrogen-bond donors (Lipinski definition) is 1. The summed E-state index contributed by atoms with van der Waals surface area (Å²) in [6, 6.07) is 12.2. The van der Waals surface area contributed by atoms with Crippen molar-refractivity contribution < 1.29 is 27.5 Å². The lowest BCUT2D eigenvalue weighted by molar-refractivity contribution is -0.139. The molecule has 1 N–H and O–H groups in total. The number of ether oxygens (including phenoxy) is 1. The molecule has 0 aromatic heterocycles. The molecule has 196 valence electrons. The van der Waals surface area contributed by atoms with Gasteiger partial charge in [-0.2, -0.15) is 0 Å². The summed E-state index contributed by atoms with van der Waals surface area (Å²) >= 11 is 0. The number of rotatable bonds is 12. The Morgan fingerprint density at radius 1 is 1.06 bits per heavy atom. The highest BCUT2D eigenvalue weighted by Crippen LogP contribution is 2.21. The van der Waals surface area contributed by atoms with E-state index in [4.69, 9.17) is 4.74 Å². The number of ketones is 1. The second kappa shape index (κ2) is 12.5. The Kier molecular flexibility index (Phi) is 10.0. The molecule has 36 heavy (non-hydrogen) atoms. The van der Waals surface area contributed by atoms with Gasteiger partial charge in [0.2, 0.25) is 21.8 Å². The van der Waals surface area contributed by atoms with Crippen molar-refractivity contribution in [1.82, 2.24) is 10.2 Å². The van der Waals surface area contributed by atoms with Crippen LogP contribution < -0.4 is 14.4 Å². The molecule has 0 bridgehead atoms. The van der Waals surface area contributed by atoms with Gasteiger partial charge in [0.15, 0.2) is 5.78 Å². The van der Waals surface area contributed by atoms with Crippen LogP contribution in [0.5, 0.6) is 5.75 Å². The fourth-order valence-corrected chi connectivity index (χ4v) is 4.35. The van der Waals surface area contributed by atoms with Crippen molar-refractivity contribution in [1.29, 1.82) is 0 Å². The third kappa shape index (κ3) is 7.81. The lowest BCUT2D eigenvalue weighted by Crippen LogP contribution is -2.52. The van der Waals surface area contributed by atoms with Crippen molar-refractivity contribution >= 4 is 33.3 Å². The van der Waals surface area contributed by atoms with Crippen LogP contribution in [0, 0.1) is 0 Å². The first kappa shape index (κ1) is 28.8. The maximum Gasteiger partial charge on any atom is 0.244 e. The van der Waals surface area contributed by atoms with E-state index in [2.05, 4.69) is 5.32 Å². The summed E-state index contributed by atoms with van der Waals surface area (Å²) in [5.74, 6) is -0.546. The van der Waals surface area contributed by atoms with E-state index in [-0.39, 0.29) is 30.0 Å². The highest BCUT2D eigenvalue weighted by molar-refractivity contribution is 7.92. The van der Waals surface area contributed by atoms with E-state index in [0.29, 0.717) is 11.3 Å². The molecule has 9 nitrogen and oxygen atoms in total. The number of benzene rings is 2. The number of nitrogens with zero attached hydrogens (tertiary/aromatic N) is 2. The van der Waals surface area contributed by atoms with Crippen LogP contribution in [-0.4, -0.2) is 62.9 Å². The van der Waals surface area contributed by atoms with E-state index in [1.165, 1.54) is 31.1 Å². The number of nitrogens with one attached hydrogen (secondary N) is 1. The molecule has 0 saturated heterocycles. The smallest absolute Gasteiger partial charge is 0.244 e. The fraction of sp³-hybridized carbons (Fsp3) is 0.423. The third-order valence-electron chi connectivity index (χ3n) is 5.88. The summed E-state index contributed by atoms with van der Waals surface area (Å²) in [4.78, 5) is 39.7. The van der Waals surface area contributed by atoms with Gasteiger partial charge in [0.05, 0.1) is 19.1 Å². The quantitative estimate of drug-likeness (QED) is 0.433. The molecule has 0 unspecified atom stereocenters. The molecule has 2 aromatic carbocycles. The summed E-state index contributed by atoms with van der Waals surface area (Å²) in [5.41, 5.74) is 1.23. The van der Waals surface area contributed by atoms with Gasteiger partial charge in [-0.1, -0.05) is 31.2 Å². The van der Waals surface area contributed by atoms with Crippen LogP contribution in [-0.2, 0) is 26.2 Å². The summed E-state index contributed by atoms with van der Waals surface area (Å²) < 4.78 is 31.6.